The molecule has 0 saturated carbocycles. The van der Waals surface area contributed by atoms with Gasteiger partial charge in [0.1, 0.15) is 0 Å². The van der Waals surface area contributed by atoms with E-state index in [0.717, 1.165) is 24.6 Å². The molecule has 0 N–H and O–H groups in total. The summed E-state index contributed by atoms with van der Waals surface area (Å²) >= 11 is 1.69. The van der Waals surface area contributed by atoms with E-state index < -0.39 is 0 Å². The first kappa shape index (κ1) is 15.8. The number of hydrogen-bond acceptors (Lipinski definition) is 4. The van der Waals surface area contributed by atoms with Gasteiger partial charge in [-0.25, -0.2) is 4.68 Å². The molecule has 0 bridgehead atoms. The van der Waals surface area contributed by atoms with Gasteiger partial charge in [0.25, 0.3) is 0 Å². The number of benzene rings is 1. The van der Waals surface area contributed by atoms with Gasteiger partial charge in [-0.05, 0) is 36.7 Å². The molecule has 0 unspecified atom stereocenters. The summed E-state index contributed by atoms with van der Waals surface area (Å²) in [6.07, 6.45) is 6.02. The SMILES string of the molecule is CN(Cc1cnn(-c2ccccc2)c1)Cn1ccc(-c2ccsc2)n1. The highest BCUT2D eigenvalue weighted by atomic mass is 32.1. The molecule has 0 atom stereocenters. The maximum absolute atomic E-state index is 4.65. The summed E-state index contributed by atoms with van der Waals surface area (Å²) in [6.45, 7) is 1.56. The molecule has 0 fully saturated rings. The number of nitrogens with zero attached hydrogens (tertiary/aromatic N) is 5. The van der Waals surface area contributed by atoms with Gasteiger partial charge in [0.2, 0.25) is 0 Å². The van der Waals surface area contributed by atoms with Crippen molar-refractivity contribution in [2.75, 3.05) is 7.05 Å². The Labute approximate surface area is 150 Å². The van der Waals surface area contributed by atoms with Crippen LogP contribution in [0.2, 0.25) is 0 Å². The predicted octanol–water partition coefficient (Wildman–Crippen LogP) is 3.89. The van der Waals surface area contributed by atoms with Crippen molar-refractivity contribution in [2.45, 2.75) is 13.2 Å². The molecule has 0 aliphatic carbocycles. The van der Waals surface area contributed by atoms with Crippen molar-refractivity contribution < 1.29 is 0 Å². The monoisotopic (exact) mass is 349 g/mol. The highest BCUT2D eigenvalue weighted by molar-refractivity contribution is 7.08. The third-order valence-corrected chi connectivity index (χ3v) is 4.64. The van der Waals surface area contributed by atoms with Gasteiger partial charge in [0, 0.05) is 35.4 Å². The van der Waals surface area contributed by atoms with Crippen molar-refractivity contribution in [1.29, 1.82) is 0 Å². The average Bonchev–Trinajstić information content (AvgIpc) is 3.37. The Hall–Kier alpha value is -2.70. The molecule has 3 aromatic heterocycles. The molecule has 5 nitrogen and oxygen atoms in total. The van der Waals surface area contributed by atoms with Crippen LogP contribution in [0.25, 0.3) is 16.9 Å². The minimum Gasteiger partial charge on any atom is -0.283 e. The summed E-state index contributed by atoms with van der Waals surface area (Å²) in [6, 6.07) is 14.3. The summed E-state index contributed by atoms with van der Waals surface area (Å²) in [5, 5.41) is 13.3. The minimum atomic E-state index is 0.737. The number of aromatic nitrogens is 4. The van der Waals surface area contributed by atoms with Gasteiger partial charge in [0.15, 0.2) is 0 Å². The van der Waals surface area contributed by atoms with Crippen LogP contribution in [0.4, 0.5) is 0 Å². The van der Waals surface area contributed by atoms with Crippen LogP contribution in [0, 0.1) is 0 Å². The van der Waals surface area contributed by atoms with E-state index in [1.165, 1.54) is 11.1 Å². The zero-order chi connectivity index (χ0) is 17.1. The van der Waals surface area contributed by atoms with Gasteiger partial charge in [-0.15, -0.1) is 0 Å². The maximum atomic E-state index is 4.65. The van der Waals surface area contributed by atoms with E-state index in [1.54, 1.807) is 11.3 Å². The third kappa shape index (κ3) is 3.70. The third-order valence-electron chi connectivity index (χ3n) is 3.95. The number of para-hydroxylation sites is 1. The van der Waals surface area contributed by atoms with Gasteiger partial charge in [-0.2, -0.15) is 21.5 Å². The molecule has 3 heterocycles. The van der Waals surface area contributed by atoms with Crippen molar-refractivity contribution in [3.05, 3.63) is 77.4 Å². The van der Waals surface area contributed by atoms with Crippen LogP contribution in [0.5, 0.6) is 0 Å². The Balaban J connectivity index is 1.39. The van der Waals surface area contributed by atoms with Crippen molar-refractivity contribution >= 4 is 11.3 Å². The lowest BCUT2D eigenvalue weighted by Gasteiger charge is -2.15. The maximum Gasteiger partial charge on any atom is 0.0932 e. The largest absolute Gasteiger partial charge is 0.283 e. The summed E-state index contributed by atoms with van der Waals surface area (Å²) in [4.78, 5) is 2.22. The summed E-state index contributed by atoms with van der Waals surface area (Å²) in [7, 11) is 2.09. The number of rotatable bonds is 6. The zero-order valence-electron chi connectivity index (χ0n) is 14.0. The topological polar surface area (TPSA) is 38.9 Å². The Morgan fingerprint density at radius 3 is 2.80 bits per heavy atom. The van der Waals surface area contributed by atoms with Crippen LogP contribution in [0.15, 0.2) is 71.8 Å². The van der Waals surface area contributed by atoms with Crippen LogP contribution in [-0.4, -0.2) is 31.5 Å². The Morgan fingerprint density at radius 2 is 2.00 bits per heavy atom. The molecule has 4 rings (SSSR count). The van der Waals surface area contributed by atoms with E-state index in [1.807, 2.05) is 40.0 Å². The molecule has 126 valence electrons. The van der Waals surface area contributed by atoms with Crippen LogP contribution in [0.3, 0.4) is 0 Å². The van der Waals surface area contributed by atoms with Crippen molar-refractivity contribution in [2.24, 2.45) is 0 Å². The van der Waals surface area contributed by atoms with E-state index in [-0.39, 0.29) is 0 Å². The predicted molar refractivity (Wildman–Crippen MR) is 101 cm³/mol. The molecule has 0 aliphatic rings. The lowest BCUT2D eigenvalue weighted by Crippen LogP contribution is -2.21. The summed E-state index contributed by atoms with van der Waals surface area (Å²) in [5.74, 6) is 0. The van der Waals surface area contributed by atoms with E-state index >= 15 is 0 Å². The molecular formula is C19H19N5S. The van der Waals surface area contributed by atoms with Crippen LogP contribution < -0.4 is 0 Å². The molecule has 0 radical (unpaired) electrons. The summed E-state index contributed by atoms with van der Waals surface area (Å²) in [5.41, 5.74) is 4.45. The van der Waals surface area contributed by atoms with Crippen LogP contribution >= 0.6 is 11.3 Å². The Morgan fingerprint density at radius 1 is 1.12 bits per heavy atom. The molecule has 25 heavy (non-hydrogen) atoms. The van der Waals surface area contributed by atoms with Gasteiger partial charge < -0.3 is 0 Å². The fourth-order valence-electron chi connectivity index (χ4n) is 2.78. The van der Waals surface area contributed by atoms with Crippen LogP contribution in [0.1, 0.15) is 5.56 Å². The molecule has 0 aliphatic heterocycles. The van der Waals surface area contributed by atoms with Crippen molar-refractivity contribution in [3.63, 3.8) is 0 Å². The highest BCUT2D eigenvalue weighted by Crippen LogP contribution is 2.19. The van der Waals surface area contributed by atoms with E-state index in [9.17, 15) is 0 Å². The highest BCUT2D eigenvalue weighted by Gasteiger charge is 2.07. The first-order valence-electron chi connectivity index (χ1n) is 8.11. The number of hydrogen-bond donors (Lipinski definition) is 0. The Bertz CT molecular complexity index is 924. The van der Waals surface area contributed by atoms with Gasteiger partial charge in [-0.3, -0.25) is 9.58 Å². The quantitative estimate of drug-likeness (QED) is 0.530. The normalized spacial score (nSPS) is 11.3. The van der Waals surface area contributed by atoms with E-state index in [0.29, 0.717) is 0 Å². The lowest BCUT2D eigenvalue weighted by atomic mass is 10.2. The van der Waals surface area contributed by atoms with Gasteiger partial charge >= 0.3 is 0 Å². The lowest BCUT2D eigenvalue weighted by molar-refractivity contribution is 0.246. The molecule has 4 aromatic rings. The molecule has 0 amide bonds. The zero-order valence-corrected chi connectivity index (χ0v) is 14.8. The van der Waals surface area contributed by atoms with Gasteiger partial charge in [-0.1, -0.05) is 18.2 Å². The second kappa shape index (κ2) is 7.04. The second-order valence-corrected chi connectivity index (χ2v) is 6.82. The molecule has 6 heteroatoms. The summed E-state index contributed by atoms with van der Waals surface area (Å²) < 4.78 is 3.88. The molecule has 0 spiro atoms. The smallest absolute Gasteiger partial charge is 0.0932 e. The number of thiophene rings is 1. The Kier molecular flexibility index (Phi) is 4.45. The minimum absolute atomic E-state index is 0.737. The fourth-order valence-corrected chi connectivity index (χ4v) is 3.43. The van der Waals surface area contributed by atoms with E-state index in [4.69, 9.17) is 0 Å². The van der Waals surface area contributed by atoms with Crippen molar-refractivity contribution in [1.82, 2.24) is 24.5 Å². The first-order chi connectivity index (χ1) is 12.3. The van der Waals surface area contributed by atoms with Crippen molar-refractivity contribution in [3.8, 4) is 16.9 Å². The standard InChI is InChI=1S/C19H19N5S/c1-22(15-23-9-7-19(21-23)17-8-10-25-14-17)12-16-11-20-24(13-16)18-5-3-2-4-6-18/h2-11,13-14H,12,15H2,1H3. The molecule has 1 aromatic carbocycles. The second-order valence-electron chi connectivity index (χ2n) is 6.04. The van der Waals surface area contributed by atoms with Crippen LogP contribution in [-0.2, 0) is 13.2 Å². The molecule has 0 saturated heterocycles. The van der Waals surface area contributed by atoms with Gasteiger partial charge in [0.05, 0.1) is 24.2 Å². The fraction of sp³-hybridized carbons (Fsp3) is 0.158. The first-order valence-corrected chi connectivity index (χ1v) is 9.06. The average molecular weight is 349 g/mol. The van der Waals surface area contributed by atoms with E-state index in [2.05, 4.69) is 63.4 Å². The molecular weight excluding hydrogens is 330 g/mol.